The lowest BCUT2D eigenvalue weighted by Crippen LogP contribution is -2.30. The lowest BCUT2D eigenvalue weighted by Gasteiger charge is -2.15. The normalized spacial score (nSPS) is 13.0. The molecule has 0 saturated carbocycles. The van der Waals surface area contributed by atoms with Crippen molar-refractivity contribution >= 4 is 57.1 Å². The van der Waals surface area contributed by atoms with Gasteiger partial charge < -0.3 is 14.8 Å². The summed E-state index contributed by atoms with van der Waals surface area (Å²) in [5.74, 6) is 1.12. The first-order valence-electron chi connectivity index (χ1n) is 7.77. The number of hydrogen-bond acceptors (Lipinski definition) is 4. The molecule has 0 aliphatic rings. The van der Waals surface area contributed by atoms with Gasteiger partial charge in [-0.3, -0.25) is 4.79 Å². The fourth-order valence-electron chi connectivity index (χ4n) is 1.92. The summed E-state index contributed by atoms with van der Waals surface area (Å²) in [7, 11) is 0.0447. The first-order valence-corrected chi connectivity index (χ1v) is 9.81. The van der Waals surface area contributed by atoms with Gasteiger partial charge in [-0.1, -0.05) is 76.6 Å². The first-order chi connectivity index (χ1) is 11.3. The average molecular weight is 511 g/mol. The molecule has 0 aromatic heterocycles. The lowest BCUT2D eigenvalue weighted by molar-refractivity contribution is -0.140. The molecule has 2 atom stereocenters. The Morgan fingerprint density at radius 2 is 2.00 bits per heavy atom. The number of allylic oxidation sites excluding steroid dienone is 1. The number of halogens is 2. The number of benzene rings is 1. The van der Waals surface area contributed by atoms with E-state index in [4.69, 9.17) is 10.0 Å². The number of esters is 1. The van der Waals surface area contributed by atoms with E-state index in [-0.39, 0.29) is 5.97 Å². The van der Waals surface area contributed by atoms with E-state index in [0.29, 0.717) is 28.2 Å². The highest BCUT2D eigenvalue weighted by atomic mass is 127. The van der Waals surface area contributed by atoms with Gasteiger partial charge in [0.2, 0.25) is 0 Å². The van der Waals surface area contributed by atoms with Crippen molar-refractivity contribution in [3.8, 4) is 0 Å². The Bertz CT molecular complexity index is 511. The summed E-state index contributed by atoms with van der Waals surface area (Å²) in [6, 6.07) is 6.97. The second-order valence-electron chi connectivity index (χ2n) is 5.52. The number of ether oxygens (including phenoxy) is 1. The molecule has 0 fully saturated rings. The standard InChI is InChI=1S/C11H19IO2.C6H6BBrO2/c1-9(10(2)7-8-12)5-4-6-11(13)14-3;8-6-4-2-1-3-5(6)7(9)10/h7-10H,4-6H2,1-3H3;1-4,9-10H/b8-7+;/t9-,10+;/m0./s1. The topological polar surface area (TPSA) is 66.8 Å². The van der Waals surface area contributed by atoms with Crippen molar-refractivity contribution in [2.75, 3.05) is 7.11 Å². The van der Waals surface area contributed by atoms with E-state index < -0.39 is 7.12 Å². The zero-order chi connectivity index (χ0) is 18.5. The Balaban J connectivity index is 0.000000463. The summed E-state index contributed by atoms with van der Waals surface area (Å²) in [6.45, 7) is 4.43. The second kappa shape index (κ2) is 13.9. The van der Waals surface area contributed by atoms with Gasteiger partial charge in [-0.25, -0.2) is 0 Å². The Hall–Kier alpha value is -0.375. The quantitative estimate of drug-likeness (QED) is 0.334. The summed E-state index contributed by atoms with van der Waals surface area (Å²) in [6.07, 6.45) is 4.75. The number of methoxy groups -OCH3 is 1. The van der Waals surface area contributed by atoms with Gasteiger partial charge in [0.25, 0.3) is 0 Å². The van der Waals surface area contributed by atoms with E-state index in [2.05, 4.69) is 67.3 Å². The summed E-state index contributed by atoms with van der Waals surface area (Å²) in [5, 5.41) is 17.5. The van der Waals surface area contributed by atoms with Crippen molar-refractivity contribution in [1.82, 2.24) is 0 Å². The third-order valence-corrected chi connectivity index (χ3v) is 4.86. The van der Waals surface area contributed by atoms with E-state index in [1.54, 1.807) is 18.2 Å². The van der Waals surface area contributed by atoms with Crippen LogP contribution in [0.4, 0.5) is 0 Å². The molecule has 2 N–H and O–H groups in total. The highest BCUT2D eigenvalue weighted by Crippen LogP contribution is 2.19. The first kappa shape index (κ1) is 23.6. The molecule has 0 heterocycles. The fourth-order valence-corrected chi connectivity index (χ4v) is 3.07. The summed E-state index contributed by atoms with van der Waals surface area (Å²) in [4.78, 5) is 10.9. The van der Waals surface area contributed by atoms with Crippen molar-refractivity contribution in [1.29, 1.82) is 0 Å². The molecule has 0 amide bonds. The number of carbonyl (C=O) groups is 1. The maximum Gasteiger partial charge on any atom is 0.489 e. The van der Waals surface area contributed by atoms with Crippen molar-refractivity contribution in [2.45, 2.75) is 33.1 Å². The molecule has 0 aliphatic carbocycles. The van der Waals surface area contributed by atoms with E-state index in [9.17, 15) is 4.79 Å². The van der Waals surface area contributed by atoms with Crippen LogP contribution in [0.3, 0.4) is 0 Å². The zero-order valence-corrected chi connectivity index (χ0v) is 18.0. The molecule has 1 rings (SSSR count). The smallest absolute Gasteiger partial charge is 0.469 e. The Morgan fingerprint density at radius 3 is 2.46 bits per heavy atom. The van der Waals surface area contributed by atoms with Crippen LogP contribution in [-0.4, -0.2) is 30.2 Å². The number of hydrogen-bond donors (Lipinski definition) is 2. The predicted octanol–water partition coefficient (Wildman–Crippen LogP) is 3.68. The van der Waals surface area contributed by atoms with Crippen LogP contribution < -0.4 is 5.46 Å². The summed E-state index contributed by atoms with van der Waals surface area (Å²) < 4.78 is 7.35. The molecular formula is C17H25BBrIO4. The molecule has 0 radical (unpaired) electrons. The van der Waals surface area contributed by atoms with Gasteiger partial charge in [-0.15, -0.1) is 0 Å². The average Bonchev–Trinajstić information content (AvgIpc) is 2.55. The Morgan fingerprint density at radius 1 is 1.38 bits per heavy atom. The lowest BCUT2D eigenvalue weighted by atomic mass is 9.80. The maximum absolute atomic E-state index is 10.9. The summed E-state index contributed by atoms with van der Waals surface area (Å²) >= 11 is 5.41. The molecule has 0 aliphatic heterocycles. The molecule has 134 valence electrons. The van der Waals surface area contributed by atoms with Crippen LogP contribution in [0.1, 0.15) is 33.1 Å². The van der Waals surface area contributed by atoms with E-state index in [0.717, 1.165) is 12.8 Å². The van der Waals surface area contributed by atoms with Crippen molar-refractivity contribution < 1.29 is 19.6 Å². The van der Waals surface area contributed by atoms with E-state index in [1.807, 2.05) is 6.07 Å². The molecule has 0 saturated heterocycles. The van der Waals surface area contributed by atoms with Crippen LogP contribution in [-0.2, 0) is 9.53 Å². The third kappa shape index (κ3) is 10.5. The van der Waals surface area contributed by atoms with Crippen LogP contribution in [0.2, 0.25) is 0 Å². The van der Waals surface area contributed by atoms with Crippen LogP contribution >= 0.6 is 38.5 Å². The largest absolute Gasteiger partial charge is 0.489 e. The highest BCUT2D eigenvalue weighted by molar-refractivity contribution is 14.1. The minimum absolute atomic E-state index is 0.103. The number of rotatable bonds is 7. The zero-order valence-electron chi connectivity index (χ0n) is 14.3. The van der Waals surface area contributed by atoms with Gasteiger partial charge in [0.1, 0.15) is 0 Å². The summed E-state index contributed by atoms with van der Waals surface area (Å²) in [5.41, 5.74) is 0.488. The van der Waals surface area contributed by atoms with Gasteiger partial charge in [0.15, 0.2) is 0 Å². The van der Waals surface area contributed by atoms with Gasteiger partial charge in [0.05, 0.1) is 7.11 Å². The molecule has 24 heavy (non-hydrogen) atoms. The van der Waals surface area contributed by atoms with Crippen LogP contribution in [0.5, 0.6) is 0 Å². The molecule has 4 nitrogen and oxygen atoms in total. The number of carbonyl (C=O) groups excluding carboxylic acids is 1. The maximum atomic E-state index is 10.9. The van der Waals surface area contributed by atoms with Crippen LogP contribution in [0.15, 0.2) is 38.9 Å². The minimum Gasteiger partial charge on any atom is -0.469 e. The Labute approximate surface area is 167 Å². The van der Waals surface area contributed by atoms with E-state index >= 15 is 0 Å². The van der Waals surface area contributed by atoms with Gasteiger partial charge in [0, 0.05) is 10.9 Å². The minimum atomic E-state index is -1.39. The predicted molar refractivity (Wildman–Crippen MR) is 111 cm³/mol. The monoisotopic (exact) mass is 510 g/mol. The van der Waals surface area contributed by atoms with Gasteiger partial charge in [-0.2, -0.15) is 0 Å². The molecule has 1 aromatic carbocycles. The van der Waals surface area contributed by atoms with Crippen molar-refractivity contribution in [3.63, 3.8) is 0 Å². The van der Waals surface area contributed by atoms with Crippen molar-refractivity contribution in [3.05, 3.63) is 38.9 Å². The molecule has 1 aromatic rings. The molecule has 0 spiro atoms. The van der Waals surface area contributed by atoms with Crippen LogP contribution in [0, 0.1) is 11.8 Å². The van der Waals surface area contributed by atoms with Crippen molar-refractivity contribution in [2.24, 2.45) is 11.8 Å². The fraction of sp³-hybridized carbons (Fsp3) is 0.471. The van der Waals surface area contributed by atoms with Crippen LogP contribution in [0.25, 0.3) is 0 Å². The SMILES string of the molecule is COC(=O)CCC[C@H](C)[C@H](C)/C=C/I.OB(O)c1ccccc1Br. The third-order valence-electron chi connectivity index (χ3n) is 3.73. The Kier molecular flexibility index (Phi) is 13.6. The van der Waals surface area contributed by atoms with Gasteiger partial charge in [-0.05, 0) is 40.3 Å². The van der Waals surface area contributed by atoms with Gasteiger partial charge >= 0.3 is 13.1 Å². The molecule has 0 bridgehead atoms. The van der Waals surface area contributed by atoms with E-state index in [1.165, 1.54) is 7.11 Å². The highest BCUT2D eigenvalue weighted by Gasteiger charge is 2.12. The molecule has 0 unspecified atom stereocenters. The molecule has 7 heteroatoms. The second-order valence-corrected chi connectivity index (χ2v) is 7.09. The molecular weight excluding hydrogens is 486 g/mol.